The van der Waals surface area contributed by atoms with E-state index in [2.05, 4.69) is 34.4 Å². The van der Waals surface area contributed by atoms with Crippen LogP contribution in [0, 0.1) is 5.41 Å². The summed E-state index contributed by atoms with van der Waals surface area (Å²) >= 11 is 0. The number of halogens is 3. The molecule has 154 valence electrons. The highest BCUT2D eigenvalue weighted by atomic mass is 32.2. The van der Waals surface area contributed by atoms with Gasteiger partial charge in [-0.3, -0.25) is 4.99 Å². The van der Waals surface area contributed by atoms with Gasteiger partial charge in [0.2, 0.25) is 0 Å². The lowest BCUT2D eigenvalue weighted by molar-refractivity contribution is -0.0494. The van der Waals surface area contributed by atoms with Crippen LogP contribution in [0.25, 0.3) is 0 Å². The molecule has 0 saturated carbocycles. The Morgan fingerprint density at radius 2 is 1.77 bits per heavy atom. The van der Waals surface area contributed by atoms with Gasteiger partial charge in [-0.1, -0.05) is 13.8 Å². The minimum absolute atomic E-state index is 0.00523. The van der Waals surface area contributed by atoms with Crippen molar-refractivity contribution in [1.29, 1.82) is 0 Å². The number of rotatable bonds is 6. The van der Waals surface area contributed by atoms with E-state index in [1.807, 2.05) is 14.1 Å². The topological polar surface area (TPSA) is 77.0 Å². The SMILES string of the molecule is CN=C(NCC(C)(C)CN(C)C)NC1CCN(S(=O)(=O)C(F)(F)F)CC1. The fourth-order valence-corrected chi connectivity index (χ4v) is 3.99. The number of piperidine rings is 1. The molecule has 0 aromatic rings. The molecule has 1 aliphatic heterocycles. The molecule has 7 nitrogen and oxygen atoms in total. The van der Waals surface area contributed by atoms with Crippen molar-refractivity contribution in [2.75, 3.05) is 47.3 Å². The van der Waals surface area contributed by atoms with Crippen LogP contribution in [0.2, 0.25) is 0 Å². The van der Waals surface area contributed by atoms with E-state index in [0.29, 0.717) is 16.8 Å². The highest BCUT2D eigenvalue weighted by molar-refractivity contribution is 7.90. The molecule has 26 heavy (non-hydrogen) atoms. The van der Waals surface area contributed by atoms with Crippen LogP contribution < -0.4 is 10.6 Å². The Labute approximate surface area is 154 Å². The van der Waals surface area contributed by atoms with Gasteiger partial charge in [0.05, 0.1) is 0 Å². The maximum atomic E-state index is 12.6. The second kappa shape index (κ2) is 8.75. The highest BCUT2D eigenvalue weighted by Gasteiger charge is 2.50. The summed E-state index contributed by atoms with van der Waals surface area (Å²) in [5.41, 5.74) is -5.24. The van der Waals surface area contributed by atoms with Crippen LogP contribution in [0.4, 0.5) is 13.2 Å². The molecule has 0 aromatic heterocycles. The normalized spacial score (nSPS) is 19.0. The summed E-state index contributed by atoms with van der Waals surface area (Å²) < 4.78 is 61.2. The lowest BCUT2D eigenvalue weighted by atomic mass is 9.93. The molecule has 0 aliphatic carbocycles. The van der Waals surface area contributed by atoms with E-state index in [0.717, 1.165) is 6.54 Å². The van der Waals surface area contributed by atoms with Crippen LogP contribution >= 0.6 is 0 Å². The number of aliphatic imine (C=N–C) groups is 1. The summed E-state index contributed by atoms with van der Waals surface area (Å²) in [5, 5.41) is 6.39. The molecule has 1 fully saturated rings. The molecule has 0 atom stereocenters. The largest absolute Gasteiger partial charge is 0.511 e. The molecular formula is C15H30F3N5O2S. The maximum absolute atomic E-state index is 12.6. The number of hydrogen-bond acceptors (Lipinski definition) is 4. The third-order valence-corrected chi connectivity index (χ3v) is 5.76. The van der Waals surface area contributed by atoms with Gasteiger partial charge in [0, 0.05) is 39.3 Å². The number of sulfonamides is 1. The minimum atomic E-state index is -5.25. The van der Waals surface area contributed by atoms with Crippen molar-refractivity contribution in [3.8, 4) is 0 Å². The Hall–Kier alpha value is -1.07. The van der Waals surface area contributed by atoms with Crippen LogP contribution in [0.5, 0.6) is 0 Å². The van der Waals surface area contributed by atoms with Crippen LogP contribution in [0.1, 0.15) is 26.7 Å². The average molecular weight is 401 g/mol. The van der Waals surface area contributed by atoms with Crippen molar-refractivity contribution in [2.45, 2.75) is 38.2 Å². The standard InChI is InChI=1S/C15H30F3N5O2S/c1-14(2,11-22(4)5)10-20-13(19-3)21-12-6-8-23(9-7-12)26(24,25)15(16,17)18/h12H,6-11H2,1-5H3,(H2,19,20,21). The fourth-order valence-electron chi connectivity index (χ4n) is 3.01. The zero-order valence-corrected chi connectivity index (χ0v) is 16.8. The Bertz CT molecular complexity index is 583. The van der Waals surface area contributed by atoms with E-state index in [-0.39, 0.29) is 37.4 Å². The van der Waals surface area contributed by atoms with Crippen molar-refractivity contribution in [3.63, 3.8) is 0 Å². The lowest BCUT2D eigenvalue weighted by Gasteiger charge is -2.33. The molecule has 1 rings (SSSR count). The first kappa shape index (κ1) is 23.0. The Kier molecular flexibility index (Phi) is 7.73. The van der Waals surface area contributed by atoms with Gasteiger partial charge < -0.3 is 15.5 Å². The zero-order chi connectivity index (χ0) is 20.2. The lowest BCUT2D eigenvalue weighted by Crippen LogP contribution is -2.52. The van der Waals surface area contributed by atoms with Gasteiger partial charge in [0.25, 0.3) is 0 Å². The Morgan fingerprint density at radius 3 is 2.19 bits per heavy atom. The molecule has 0 bridgehead atoms. The molecule has 0 aromatic carbocycles. The molecule has 0 unspecified atom stereocenters. The third kappa shape index (κ3) is 6.58. The molecule has 0 spiro atoms. The van der Waals surface area contributed by atoms with Crippen LogP contribution in [0.3, 0.4) is 0 Å². The van der Waals surface area contributed by atoms with Gasteiger partial charge in [0.15, 0.2) is 5.96 Å². The third-order valence-electron chi connectivity index (χ3n) is 4.13. The van der Waals surface area contributed by atoms with E-state index in [1.54, 1.807) is 7.05 Å². The molecule has 0 radical (unpaired) electrons. The average Bonchev–Trinajstić information content (AvgIpc) is 2.49. The molecular weight excluding hydrogens is 371 g/mol. The maximum Gasteiger partial charge on any atom is 0.511 e. The van der Waals surface area contributed by atoms with Crippen molar-refractivity contribution in [2.24, 2.45) is 10.4 Å². The van der Waals surface area contributed by atoms with Gasteiger partial charge in [-0.15, -0.1) is 0 Å². The first-order valence-corrected chi connectivity index (χ1v) is 9.91. The van der Waals surface area contributed by atoms with Gasteiger partial charge in [-0.2, -0.15) is 17.5 Å². The molecule has 11 heteroatoms. The summed E-state index contributed by atoms with van der Waals surface area (Å²) in [6.07, 6.45) is 0.578. The smallest absolute Gasteiger partial charge is 0.356 e. The molecule has 1 heterocycles. The van der Waals surface area contributed by atoms with Crippen LogP contribution in [-0.2, 0) is 10.0 Å². The molecule has 0 amide bonds. The summed E-state index contributed by atoms with van der Waals surface area (Å²) in [4.78, 5) is 6.23. The number of hydrogen-bond donors (Lipinski definition) is 2. The summed E-state index contributed by atoms with van der Waals surface area (Å²) in [6.45, 7) is 5.46. The van der Waals surface area contributed by atoms with E-state index < -0.39 is 15.5 Å². The predicted molar refractivity (Wildman–Crippen MR) is 96.4 cm³/mol. The van der Waals surface area contributed by atoms with Crippen molar-refractivity contribution in [1.82, 2.24) is 19.8 Å². The van der Waals surface area contributed by atoms with Crippen molar-refractivity contribution >= 4 is 16.0 Å². The highest BCUT2D eigenvalue weighted by Crippen LogP contribution is 2.28. The monoisotopic (exact) mass is 401 g/mol. The van der Waals surface area contributed by atoms with Gasteiger partial charge in [0.1, 0.15) is 0 Å². The quantitative estimate of drug-likeness (QED) is 0.514. The summed E-state index contributed by atoms with van der Waals surface area (Å²) in [5.74, 6) is 0.564. The second-order valence-electron chi connectivity index (χ2n) is 7.60. The number of nitrogens with one attached hydrogen (secondary N) is 2. The van der Waals surface area contributed by atoms with Gasteiger partial charge in [-0.25, -0.2) is 8.42 Å². The van der Waals surface area contributed by atoms with E-state index >= 15 is 0 Å². The van der Waals surface area contributed by atoms with E-state index in [4.69, 9.17) is 0 Å². The number of nitrogens with zero attached hydrogens (tertiary/aromatic N) is 3. The van der Waals surface area contributed by atoms with Crippen molar-refractivity contribution in [3.05, 3.63) is 0 Å². The van der Waals surface area contributed by atoms with Crippen molar-refractivity contribution < 1.29 is 21.6 Å². The van der Waals surface area contributed by atoms with E-state index in [1.165, 1.54) is 0 Å². The molecule has 1 aliphatic rings. The Morgan fingerprint density at radius 1 is 1.23 bits per heavy atom. The fraction of sp³-hybridized carbons (Fsp3) is 0.933. The molecule has 2 N–H and O–H groups in total. The first-order valence-electron chi connectivity index (χ1n) is 8.47. The van der Waals surface area contributed by atoms with Crippen LogP contribution in [-0.4, -0.2) is 82.5 Å². The van der Waals surface area contributed by atoms with Gasteiger partial charge >= 0.3 is 15.5 Å². The number of alkyl halides is 3. The first-order chi connectivity index (χ1) is 11.8. The number of guanidine groups is 1. The summed E-state index contributed by atoms with van der Waals surface area (Å²) in [7, 11) is 0.375. The predicted octanol–water partition coefficient (Wildman–Crippen LogP) is 1.05. The molecule has 1 saturated heterocycles. The second-order valence-corrected chi connectivity index (χ2v) is 9.53. The van der Waals surface area contributed by atoms with Crippen LogP contribution in [0.15, 0.2) is 4.99 Å². The minimum Gasteiger partial charge on any atom is -0.356 e. The summed E-state index contributed by atoms with van der Waals surface area (Å²) in [6, 6.07) is -0.127. The van der Waals surface area contributed by atoms with Gasteiger partial charge in [-0.05, 0) is 32.4 Å². The zero-order valence-electron chi connectivity index (χ0n) is 16.0. The van der Waals surface area contributed by atoms with E-state index in [9.17, 15) is 21.6 Å². The Balaban J connectivity index is 2.53.